The molecule has 6 atom stereocenters. The van der Waals surface area contributed by atoms with Crippen LogP contribution in [-0.2, 0) is 26.1 Å². The number of hydrogen-bond donors (Lipinski definition) is 3. The fourth-order valence-corrected chi connectivity index (χ4v) is 13.6. The van der Waals surface area contributed by atoms with Crippen LogP contribution in [0.3, 0.4) is 0 Å². The number of piperazine rings is 1. The van der Waals surface area contributed by atoms with Gasteiger partial charge in [-0.25, -0.2) is 13.1 Å². The predicted molar refractivity (Wildman–Crippen MR) is 246 cm³/mol. The van der Waals surface area contributed by atoms with Crippen LogP contribution in [0, 0.1) is 52.8 Å². The molecule has 2 heterocycles. The number of benzene rings is 3. The number of allylic oxidation sites excluding steroid dienone is 1. The van der Waals surface area contributed by atoms with Gasteiger partial charge in [0.2, 0.25) is 5.91 Å². The van der Waals surface area contributed by atoms with E-state index in [0.29, 0.717) is 35.0 Å². The molecule has 0 radical (unpaired) electrons. The molecule has 6 fully saturated rings. The second-order valence-electron chi connectivity index (χ2n) is 20.7. The number of ether oxygens (including phenoxy) is 1. The lowest BCUT2D eigenvalue weighted by Gasteiger charge is -2.62. The van der Waals surface area contributed by atoms with Crippen LogP contribution in [0.4, 0.5) is 11.4 Å². The number of amides is 2. The monoisotopic (exact) mass is 861 g/mol. The number of anilines is 2. The van der Waals surface area contributed by atoms with Crippen LogP contribution in [0.5, 0.6) is 0 Å². The molecule has 10 rings (SSSR count). The number of fused-ring (bicyclic) bond motifs is 4. The zero-order valence-corrected chi connectivity index (χ0v) is 38.5. The molecule has 10 nitrogen and oxygen atoms in total. The molecular formula is C51H67N5O5S. The van der Waals surface area contributed by atoms with Gasteiger partial charge >= 0.3 is 0 Å². The highest BCUT2D eigenvalue weighted by Crippen LogP contribution is 2.68. The molecule has 5 aliphatic carbocycles. The van der Waals surface area contributed by atoms with Gasteiger partial charge in [0, 0.05) is 75.5 Å². The lowest BCUT2D eigenvalue weighted by molar-refractivity contribution is -0.142. The summed E-state index contributed by atoms with van der Waals surface area (Å²) >= 11 is 0. The van der Waals surface area contributed by atoms with E-state index in [1.807, 2.05) is 19.1 Å². The topological polar surface area (TPSA) is 120 Å². The van der Waals surface area contributed by atoms with Gasteiger partial charge in [-0.1, -0.05) is 65.0 Å². The van der Waals surface area contributed by atoms with Crippen LogP contribution in [0.1, 0.15) is 100 Å². The van der Waals surface area contributed by atoms with E-state index >= 15 is 0 Å². The van der Waals surface area contributed by atoms with E-state index in [0.717, 1.165) is 102 Å². The summed E-state index contributed by atoms with van der Waals surface area (Å²) in [6.07, 6.45) is 8.83. The number of hydrogen-bond acceptors (Lipinski definition) is 8. The highest BCUT2D eigenvalue weighted by Gasteiger charge is 2.65. The van der Waals surface area contributed by atoms with Crippen molar-refractivity contribution >= 4 is 38.8 Å². The summed E-state index contributed by atoms with van der Waals surface area (Å²) in [5.74, 6) is 2.37. The minimum atomic E-state index is -4.07. The lowest BCUT2D eigenvalue weighted by Crippen LogP contribution is -2.62. The van der Waals surface area contributed by atoms with Crippen molar-refractivity contribution in [1.29, 1.82) is 0 Å². The maximum absolute atomic E-state index is 14.8. The highest BCUT2D eigenvalue weighted by atomic mass is 32.2. The largest absolute Gasteiger partial charge is 0.385 e. The molecule has 332 valence electrons. The van der Waals surface area contributed by atoms with E-state index in [-0.39, 0.29) is 27.8 Å². The van der Waals surface area contributed by atoms with Crippen molar-refractivity contribution in [2.45, 2.75) is 97.5 Å². The van der Waals surface area contributed by atoms with E-state index in [1.54, 1.807) is 30.3 Å². The summed E-state index contributed by atoms with van der Waals surface area (Å²) < 4.78 is 34.3. The second-order valence-corrected chi connectivity index (χ2v) is 22.4. The summed E-state index contributed by atoms with van der Waals surface area (Å²) in [6.45, 7) is 20.3. The van der Waals surface area contributed by atoms with Crippen molar-refractivity contribution in [2.24, 2.45) is 45.8 Å². The Labute approximate surface area is 369 Å². The Hall–Kier alpha value is -4.19. The van der Waals surface area contributed by atoms with E-state index in [2.05, 4.69) is 90.1 Å². The Morgan fingerprint density at radius 2 is 1.61 bits per heavy atom. The summed E-state index contributed by atoms with van der Waals surface area (Å²) in [4.78, 5) is 32.9. The molecule has 2 aliphatic heterocycles. The number of rotatable bonds is 12. The molecule has 4 saturated carbocycles. The third kappa shape index (κ3) is 7.57. The summed E-state index contributed by atoms with van der Waals surface area (Å²) in [5, 5.41) is 7.15. The van der Waals surface area contributed by atoms with E-state index < -0.39 is 21.3 Å². The molecule has 3 aromatic rings. The van der Waals surface area contributed by atoms with Crippen molar-refractivity contribution in [2.75, 3.05) is 56.2 Å². The molecule has 2 amide bonds. The first-order chi connectivity index (χ1) is 29.6. The molecule has 11 heteroatoms. The highest BCUT2D eigenvalue weighted by molar-refractivity contribution is 7.90. The molecule has 0 aromatic heterocycles. The Kier molecular flexibility index (Phi) is 11.4. The third-order valence-electron chi connectivity index (χ3n) is 17.0. The van der Waals surface area contributed by atoms with Gasteiger partial charge in [-0.3, -0.25) is 14.5 Å². The van der Waals surface area contributed by atoms with Gasteiger partial charge in [-0.05, 0) is 151 Å². The number of carbonyl (C=O) groups excluding carboxylic acids is 2. The van der Waals surface area contributed by atoms with Crippen LogP contribution < -0.4 is 20.3 Å². The predicted octanol–water partition coefficient (Wildman–Crippen LogP) is 8.28. The summed E-state index contributed by atoms with van der Waals surface area (Å²) in [7, 11) is -4.07. The van der Waals surface area contributed by atoms with Crippen molar-refractivity contribution in [3.05, 3.63) is 95.1 Å². The van der Waals surface area contributed by atoms with Gasteiger partial charge in [0.1, 0.15) is 0 Å². The fraction of sp³-hybridized carbons (Fsp3) is 0.569. The van der Waals surface area contributed by atoms with E-state index in [4.69, 9.17) is 4.74 Å². The molecule has 3 N–H and O–H groups in total. The van der Waals surface area contributed by atoms with Crippen molar-refractivity contribution in [1.82, 2.24) is 14.9 Å². The molecule has 62 heavy (non-hydrogen) atoms. The zero-order valence-electron chi connectivity index (χ0n) is 37.6. The molecule has 4 bridgehead atoms. The second kappa shape index (κ2) is 16.4. The summed E-state index contributed by atoms with van der Waals surface area (Å²) in [5.41, 5.74) is 6.41. The summed E-state index contributed by atoms with van der Waals surface area (Å²) in [6, 6.07) is 21.1. The number of nitrogens with one attached hydrogen (secondary N) is 3. The quantitative estimate of drug-likeness (QED) is 0.167. The van der Waals surface area contributed by atoms with Gasteiger partial charge < -0.3 is 20.3 Å². The molecule has 0 spiro atoms. The van der Waals surface area contributed by atoms with Crippen LogP contribution in [0.15, 0.2) is 77.7 Å². The van der Waals surface area contributed by atoms with Gasteiger partial charge in [-0.15, -0.1) is 0 Å². The van der Waals surface area contributed by atoms with Crippen LogP contribution in [0.2, 0.25) is 0 Å². The van der Waals surface area contributed by atoms with E-state index in [1.165, 1.54) is 23.1 Å². The van der Waals surface area contributed by atoms with Crippen molar-refractivity contribution in [3.8, 4) is 0 Å². The fourth-order valence-electron chi connectivity index (χ4n) is 12.6. The maximum atomic E-state index is 14.8. The molecule has 3 aromatic carbocycles. The number of carbonyl (C=O) groups is 2. The van der Waals surface area contributed by atoms with Crippen molar-refractivity contribution < 1.29 is 22.7 Å². The lowest BCUT2D eigenvalue weighted by atomic mass is 9.44. The Bertz CT molecular complexity index is 2330. The molecule has 2 unspecified atom stereocenters. The van der Waals surface area contributed by atoms with Crippen LogP contribution in [-0.4, -0.2) is 77.1 Å². The molecule has 7 aliphatic rings. The maximum Gasteiger partial charge on any atom is 0.264 e. The first-order valence-corrected chi connectivity index (χ1v) is 24.7. The molecule has 2 saturated heterocycles. The van der Waals surface area contributed by atoms with Gasteiger partial charge in [0.15, 0.2) is 0 Å². The Balaban J connectivity index is 0.809. The van der Waals surface area contributed by atoms with E-state index in [9.17, 15) is 18.0 Å². The third-order valence-corrected chi connectivity index (χ3v) is 18.3. The first kappa shape index (κ1) is 43.1. The zero-order chi connectivity index (χ0) is 43.6. The van der Waals surface area contributed by atoms with Gasteiger partial charge in [0.25, 0.3) is 15.9 Å². The SMILES string of the molecule is Cc1cc(S(=O)(=O)NC(=O)c2ccc(N3CCN(Cc4ccccc4C4=CC5CCC4(C(=O)N[C@H]4C[C@H]6C[C@@H]([C@@H]4C)C6(C)C)C5(C)C)CC3)cc2)ccc1NCC1CCOCC1. The average molecular weight is 862 g/mol. The van der Waals surface area contributed by atoms with Crippen molar-refractivity contribution in [3.63, 3.8) is 0 Å². The number of sulfonamides is 1. The van der Waals surface area contributed by atoms with Crippen LogP contribution in [0.25, 0.3) is 5.57 Å². The minimum Gasteiger partial charge on any atom is -0.385 e. The average Bonchev–Trinajstić information content (AvgIpc) is 3.65. The van der Waals surface area contributed by atoms with Gasteiger partial charge in [-0.2, -0.15) is 0 Å². The number of nitrogens with zero attached hydrogens (tertiary/aromatic N) is 2. The first-order valence-electron chi connectivity index (χ1n) is 23.3. The Morgan fingerprint density at radius 1 is 0.887 bits per heavy atom. The molecular weight excluding hydrogens is 795 g/mol. The normalized spacial score (nSPS) is 29.1. The standard InChI is InChI=1S/C51H67N5O5S/c1-33-27-41(15-16-45(33)52-31-35-18-25-61-26-19-35)62(59,60)54-47(57)36-11-13-40(14-12-36)56-23-21-55(22-24-56)32-37-9-7-8-10-42(37)44-28-38-17-20-51(44,50(38,5)6)48(58)53-46-30-39-29-43(34(46)2)49(39,3)4/h7-16,27-28,34-35,38-39,43,46,52H,17-26,29-32H2,1-6H3,(H,53,58)(H,54,57)/t34-,38?,39+,43-,46-,51?/m0/s1. The number of aryl methyl sites for hydroxylation is 1. The smallest absolute Gasteiger partial charge is 0.264 e. The van der Waals surface area contributed by atoms with Gasteiger partial charge in [0.05, 0.1) is 10.3 Å². The Morgan fingerprint density at radius 3 is 2.29 bits per heavy atom. The van der Waals surface area contributed by atoms with Crippen LogP contribution >= 0.6 is 0 Å². The minimum absolute atomic E-state index is 0.0581.